The summed E-state index contributed by atoms with van der Waals surface area (Å²) < 4.78 is 7.29. The maximum absolute atomic E-state index is 11.1. The second-order valence-corrected chi connectivity index (χ2v) is 7.80. The van der Waals surface area contributed by atoms with E-state index in [-0.39, 0.29) is 0 Å². The van der Waals surface area contributed by atoms with Crippen LogP contribution in [0.1, 0.15) is 57.9 Å². The van der Waals surface area contributed by atoms with Crippen LogP contribution in [0.2, 0.25) is 0 Å². The zero-order valence-corrected chi connectivity index (χ0v) is 17.9. The zero-order valence-electron chi connectivity index (χ0n) is 16.3. The molecule has 1 saturated carbocycles. The van der Waals surface area contributed by atoms with E-state index in [1.54, 1.807) is 0 Å². The standard InChI is InChI=1S/C23H30BrNO2/c1-3-8-18(9-4-2)14-23(27-16-19-10-6-5-7-11-19)21-15-20(24)12-13-22(21)25-17-26/h3,8-9,12-15,17,19H,4-7,10-11,16H2,1-2H3,(H,25,26)/b8-3-,18-9+,23-14-. The van der Waals surface area contributed by atoms with Crippen molar-refractivity contribution in [1.82, 2.24) is 0 Å². The molecule has 0 saturated heterocycles. The van der Waals surface area contributed by atoms with Crippen LogP contribution >= 0.6 is 15.9 Å². The van der Waals surface area contributed by atoms with Crippen LogP contribution in [-0.2, 0) is 9.53 Å². The molecule has 0 radical (unpaired) electrons. The second-order valence-electron chi connectivity index (χ2n) is 6.89. The number of anilines is 1. The largest absolute Gasteiger partial charge is 0.493 e. The van der Waals surface area contributed by atoms with Crippen LogP contribution < -0.4 is 5.32 Å². The number of carbonyl (C=O) groups is 1. The summed E-state index contributed by atoms with van der Waals surface area (Å²) in [5.41, 5.74) is 2.74. The van der Waals surface area contributed by atoms with E-state index in [1.165, 1.54) is 32.1 Å². The van der Waals surface area contributed by atoms with Gasteiger partial charge in [0.15, 0.2) is 0 Å². The highest BCUT2D eigenvalue weighted by molar-refractivity contribution is 9.10. The average Bonchev–Trinajstić information content (AvgIpc) is 2.68. The van der Waals surface area contributed by atoms with Gasteiger partial charge in [-0.05, 0) is 62.0 Å². The van der Waals surface area contributed by atoms with Crippen LogP contribution in [0.3, 0.4) is 0 Å². The molecule has 1 fully saturated rings. The summed E-state index contributed by atoms with van der Waals surface area (Å²) in [5.74, 6) is 1.40. The maximum Gasteiger partial charge on any atom is 0.211 e. The Morgan fingerprint density at radius 3 is 2.74 bits per heavy atom. The lowest BCUT2D eigenvalue weighted by Crippen LogP contribution is -2.13. The van der Waals surface area contributed by atoms with Crippen molar-refractivity contribution in [3.8, 4) is 0 Å². The van der Waals surface area contributed by atoms with Gasteiger partial charge in [0.2, 0.25) is 6.41 Å². The molecule has 1 aromatic rings. The Kier molecular flexibility index (Phi) is 9.40. The van der Waals surface area contributed by atoms with Gasteiger partial charge in [-0.1, -0.05) is 60.3 Å². The van der Waals surface area contributed by atoms with Crippen LogP contribution in [0.4, 0.5) is 5.69 Å². The normalized spacial score (nSPS) is 16.6. The Morgan fingerprint density at radius 2 is 2.07 bits per heavy atom. The van der Waals surface area contributed by atoms with Crippen molar-refractivity contribution in [2.75, 3.05) is 11.9 Å². The Morgan fingerprint density at radius 1 is 1.30 bits per heavy atom. The first-order chi connectivity index (χ1) is 13.2. The van der Waals surface area contributed by atoms with Gasteiger partial charge in [0.05, 0.1) is 12.3 Å². The van der Waals surface area contributed by atoms with E-state index in [1.807, 2.05) is 31.2 Å². The Bertz CT molecular complexity index is 700. The minimum absolute atomic E-state index is 0.608. The van der Waals surface area contributed by atoms with Gasteiger partial charge < -0.3 is 10.1 Å². The van der Waals surface area contributed by atoms with Crippen molar-refractivity contribution < 1.29 is 9.53 Å². The van der Waals surface area contributed by atoms with Crippen molar-refractivity contribution in [2.24, 2.45) is 5.92 Å². The topological polar surface area (TPSA) is 38.3 Å². The predicted octanol–water partition coefficient (Wildman–Crippen LogP) is 6.87. The summed E-state index contributed by atoms with van der Waals surface area (Å²) >= 11 is 3.54. The molecule has 0 atom stereocenters. The van der Waals surface area contributed by atoms with Crippen LogP contribution in [0.5, 0.6) is 0 Å². The number of nitrogens with one attached hydrogen (secondary N) is 1. The van der Waals surface area contributed by atoms with E-state index >= 15 is 0 Å². The number of carbonyl (C=O) groups excluding carboxylic acids is 1. The molecular weight excluding hydrogens is 402 g/mol. The lowest BCUT2D eigenvalue weighted by Gasteiger charge is -2.23. The minimum atomic E-state index is 0.608. The second kappa shape index (κ2) is 11.8. The molecule has 1 amide bonds. The van der Waals surface area contributed by atoms with Gasteiger partial charge in [0, 0.05) is 10.0 Å². The average molecular weight is 432 g/mol. The zero-order chi connectivity index (χ0) is 19.5. The number of rotatable bonds is 9. The van der Waals surface area contributed by atoms with E-state index in [0.717, 1.165) is 33.5 Å². The van der Waals surface area contributed by atoms with Gasteiger partial charge in [-0.2, -0.15) is 0 Å². The lowest BCUT2D eigenvalue weighted by atomic mass is 9.90. The molecule has 0 spiro atoms. The minimum Gasteiger partial charge on any atom is -0.493 e. The summed E-state index contributed by atoms with van der Waals surface area (Å²) in [6.07, 6.45) is 16.4. The lowest BCUT2D eigenvalue weighted by molar-refractivity contribution is -0.105. The van der Waals surface area contributed by atoms with Gasteiger partial charge in [-0.3, -0.25) is 4.79 Å². The number of benzene rings is 1. The molecule has 1 aromatic carbocycles. The third-order valence-corrected chi connectivity index (χ3v) is 5.25. The summed E-state index contributed by atoms with van der Waals surface area (Å²) in [5, 5.41) is 2.80. The molecule has 0 unspecified atom stereocenters. The third kappa shape index (κ3) is 7.02. The van der Waals surface area contributed by atoms with E-state index < -0.39 is 0 Å². The Hall–Kier alpha value is -1.81. The molecule has 2 rings (SSSR count). The van der Waals surface area contributed by atoms with E-state index in [9.17, 15) is 4.79 Å². The molecule has 0 bridgehead atoms. The molecule has 4 heteroatoms. The monoisotopic (exact) mass is 431 g/mol. The molecule has 0 aromatic heterocycles. The van der Waals surface area contributed by atoms with Crippen LogP contribution in [0.15, 0.2) is 52.5 Å². The fourth-order valence-corrected chi connectivity index (χ4v) is 3.78. The number of allylic oxidation sites excluding steroid dienone is 5. The van der Waals surface area contributed by atoms with E-state index in [2.05, 4.69) is 46.4 Å². The smallest absolute Gasteiger partial charge is 0.211 e. The Balaban J connectivity index is 2.37. The highest BCUT2D eigenvalue weighted by Gasteiger charge is 2.17. The van der Waals surface area contributed by atoms with Crippen molar-refractivity contribution in [3.63, 3.8) is 0 Å². The van der Waals surface area contributed by atoms with Crippen molar-refractivity contribution in [3.05, 3.63) is 58.1 Å². The fourth-order valence-electron chi connectivity index (χ4n) is 3.42. The summed E-state index contributed by atoms with van der Waals surface area (Å²) in [6.45, 7) is 4.85. The molecule has 0 aliphatic heterocycles. The molecular formula is C23H30BrNO2. The SMILES string of the molecule is C\C=C/C(/C=C(\OCC1CCCCC1)c1cc(Br)ccc1NC=O)=C\CC. The molecule has 146 valence electrons. The summed E-state index contributed by atoms with van der Waals surface area (Å²) in [6, 6.07) is 5.81. The van der Waals surface area contributed by atoms with Crippen molar-refractivity contribution >= 4 is 33.8 Å². The van der Waals surface area contributed by atoms with Crippen LogP contribution in [-0.4, -0.2) is 13.0 Å². The predicted molar refractivity (Wildman–Crippen MR) is 118 cm³/mol. The van der Waals surface area contributed by atoms with Gasteiger partial charge in [0.25, 0.3) is 0 Å². The van der Waals surface area contributed by atoms with Gasteiger partial charge in [-0.15, -0.1) is 0 Å². The molecule has 1 aliphatic rings. The number of hydrogen-bond donors (Lipinski definition) is 1. The van der Waals surface area contributed by atoms with Gasteiger partial charge >= 0.3 is 0 Å². The summed E-state index contributed by atoms with van der Waals surface area (Å²) in [7, 11) is 0. The number of amides is 1. The maximum atomic E-state index is 11.1. The highest BCUT2D eigenvalue weighted by atomic mass is 79.9. The molecule has 0 heterocycles. The first-order valence-electron chi connectivity index (χ1n) is 9.85. The van der Waals surface area contributed by atoms with Gasteiger partial charge in [0.1, 0.15) is 5.76 Å². The highest BCUT2D eigenvalue weighted by Crippen LogP contribution is 2.31. The number of halogens is 1. The Labute approximate surface area is 171 Å². The van der Waals surface area contributed by atoms with Crippen molar-refractivity contribution in [2.45, 2.75) is 52.4 Å². The van der Waals surface area contributed by atoms with Gasteiger partial charge in [-0.25, -0.2) is 0 Å². The van der Waals surface area contributed by atoms with Crippen molar-refractivity contribution in [1.29, 1.82) is 0 Å². The number of ether oxygens (including phenoxy) is 1. The third-order valence-electron chi connectivity index (χ3n) is 4.76. The molecule has 3 nitrogen and oxygen atoms in total. The number of hydrogen-bond acceptors (Lipinski definition) is 2. The fraction of sp³-hybridized carbons (Fsp3) is 0.435. The molecule has 27 heavy (non-hydrogen) atoms. The van der Waals surface area contributed by atoms with E-state index in [4.69, 9.17) is 4.74 Å². The quantitative estimate of drug-likeness (QED) is 0.263. The first-order valence-corrected chi connectivity index (χ1v) is 10.6. The van der Waals surface area contributed by atoms with E-state index in [0.29, 0.717) is 18.9 Å². The van der Waals surface area contributed by atoms with Crippen LogP contribution in [0, 0.1) is 5.92 Å². The molecule has 1 aliphatic carbocycles. The first kappa shape index (κ1) is 21.5. The summed E-state index contributed by atoms with van der Waals surface area (Å²) in [4.78, 5) is 11.1. The van der Waals surface area contributed by atoms with Crippen LogP contribution in [0.25, 0.3) is 5.76 Å². The molecule has 1 N–H and O–H groups in total.